The summed E-state index contributed by atoms with van der Waals surface area (Å²) in [6.45, 7) is 14.2. The van der Waals surface area contributed by atoms with Crippen molar-refractivity contribution < 1.29 is 14.0 Å². The van der Waals surface area contributed by atoms with Gasteiger partial charge in [0.15, 0.2) is 8.32 Å². The molecule has 2 atom stereocenters. The van der Waals surface area contributed by atoms with E-state index in [4.69, 9.17) is 9.16 Å². The van der Waals surface area contributed by atoms with Crippen molar-refractivity contribution in [3.05, 3.63) is 35.9 Å². The highest BCUT2D eigenvalue weighted by Gasteiger charge is 2.41. The van der Waals surface area contributed by atoms with Crippen LogP contribution >= 0.6 is 0 Å². The average molecular weight is 404 g/mol. The van der Waals surface area contributed by atoms with Gasteiger partial charge in [0.05, 0.1) is 13.2 Å². The van der Waals surface area contributed by atoms with E-state index < -0.39 is 8.32 Å². The van der Waals surface area contributed by atoms with Gasteiger partial charge >= 0.3 is 0 Å². The molecule has 1 aromatic rings. The Morgan fingerprint density at radius 1 is 1.14 bits per heavy atom. The van der Waals surface area contributed by atoms with Crippen LogP contribution in [0.15, 0.2) is 30.3 Å². The molecule has 2 bridgehead atoms. The summed E-state index contributed by atoms with van der Waals surface area (Å²) in [6.07, 6.45) is 2.39. The third kappa shape index (κ3) is 5.12. The number of ether oxygens (including phenoxy) is 1. The van der Waals surface area contributed by atoms with Gasteiger partial charge in [-0.25, -0.2) is 0 Å². The highest BCUT2D eigenvalue weighted by Crippen LogP contribution is 2.37. The second-order valence-electron chi connectivity index (χ2n) is 10.00. The maximum Gasteiger partial charge on any atom is 0.191 e. The summed E-state index contributed by atoms with van der Waals surface area (Å²) in [5, 5.41) is 0.188. The summed E-state index contributed by atoms with van der Waals surface area (Å²) in [6, 6.07) is 11.3. The Kier molecular flexibility index (Phi) is 6.80. The fourth-order valence-electron chi connectivity index (χ4n) is 4.13. The molecule has 0 N–H and O–H groups in total. The van der Waals surface area contributed by atoms with Gasteiger partial charge in [-0.05, 0) is 36.5 Å². The Hall–Kier alpha value is -1.01. The molecule has 0 amide bonds. The average Bonchev–Trinajstić information content (AvgIpc) is 2.61. The van der Waals surface area contributed by atoms with Gasteiger partial charge in [-0.2, -0.15) is 0 Å². The largest absolute Gasteiger partial charge is 0.416 e. The van der Waals surface area contributed by atoms with Gasteiger partial charge in [0.25, 0.3) is 0 Å². The molecule has 0 spiro atoms. The predicted molar refractivity (Wildman–Crippen MR) is 116 cm³/mol. The van der Waals surface area contributed by atoms with E-state index in [-0.39, 0.29) is 11.0 Å². The number of morpholine rings is 1. The van der Waals surface area contributed by atoms with Gasteiger partial charge in [0.2, 0.25) is 0 Å². The zero-order chi connectivity index (χ0) is 20.4. The first-order valence-corrected chi connectivity index (χ1v) is 13.6. The molecule has 2 saturated heterocycles. The maximum atomic E-state index is 12.9. The molecule has 4 nitrogen and oxygen atoms in total. The zero-order valence-corrected chi connectivity index (χ0v) is 19.2. The first-order chi connectivity index (χ1) is 13.2. The lowest BCUT2D eigenvalue weighted by Crippen LogP contribution is -2.57. The van der Waals surface area contributed by atoms with Crippen LogP contribution in [-0.4, -0.2) is 50.9 Å². The number of ketones is 1. The summed E-state index contributed by atoms with van der Waals surface area (Å²) in [5.74, 6) is 0.545. The predicted octanol–water partition coefficient (Wildman–Crippen LogP) is 4.65. The van der Waals surface area contributed by atoms with E-state index in [2.05, 4.69) is 69.1 Å². The third-order valence-corrected chi connectivity index (χ3v) is 11.5. The SMILES string of the molecule is CC(C)(C)[Si](C)(C)OCCC(=O)C1CC2COCC(C1)N2Cc1ccccc1. The molecular weight excluding hydrogens is 366 g/mol. The van der Waals surface area contributed by atoms with E-state index in [9.17, 15) is 4.79 Å². The Bertz CT molecular complexity index is 642. The van der Waals surface area contributed by atoms with Crippen LogP contribution < -0.4 is 0 Å². The fourth-order valence-corrected chi connectivity index (χ4v) is 5.18. The van der Waals surface area contributed by atoms with Crippen LogP contribution in [0.25, 0.3) is 0 Å². The molecule has 2 heterocycles. The van der Waals surface area contributed by atoms with Crippen molar-refractivity contribution in [2.45, 2.75) is 76.8 Å². The number of nitrogens with zero attached hydrogens (tertiary/aromatic N) is 1. The van der Waals surface area contributed by atoms with Crippen LogP contribution in [0.2, 0.25) is 18.1 Å². The monoisotopic (exact) mass is 403 g/mol. The van der Waals surface area contributed by atoms with Crippen LogP contribution in [0.5, 0.6) is 0 Å². The van der Waals surface area contributed by atoms with Crippen LogP contribution in [0, 0.1) is 5.92 Å². The van der Waals surface area contributed by atoms with Crippen LogP contribution in [-0.2, 0) is 20.5 Å². The number of carbonyl (C=O) groups excluding carboxylic acids is 1. The Morgan fingerprint density at radius 2 is 1.75 bits per heavy atom. The van der Waals surface area contributed by atoms with E-state index in [0.717, 1.165) is 32.6 Å². The quantitative estimate of drug-likeness (QED) is 0.621. The minimum absolute atomic E-state index is 0.161. The van der Waals surface area contributed by atoms with Gasteiger partial charge in [0, 0.05) is 37.6 Å². The van der Waals surface area contributed by atoms with Crippen molar-refractivity contribution in [2.75, 3.05) is 19.8 Å². The normalized spacial score (nSPS) is 26.2. The molecule has 0 aliphatic carbocycles. The lowest BCUT2D eigenvalue weighted by Gasteiger charge is -2.48. The molecule has 2 unspecified atom stereocenters. The molecule has 3 rings (SSSR count). The van der Waals surface area contributed by atoms with Crippen LogP contribution in [0.4, 0.5) is 0 Å². The van der Waals surface area contributed by atoms with E-state index in [0.29, 0.717) is 30.9 Å². The molecule has 0 radical (unpaired) electrons. The smallest absolute Gasteiger partial charge is 0.191 e. The van der Waals surface area contributed by atoms with Crippen LogP contribution in [0.1, 0.15) is 45.6 Å². The molecule has 0 aromatic heterocycles. The van der Waals surface area contributed by atoms with Crippen molar-refractivity contribution in [3.8, 4) is 0 Å². The van der Waals surface area contributed by atoms with E-state index in [1.807, 2.05) is 0 Å². The van der Waals surface area contributed by atoms with Crippen molar-refractivity contribution in [1.29, 1.82) is 0 Å². The van der Waals surface area contributed by atoms with E-state index in [1.54, 1.807) is 0 Å². The summed E-state index contributed by atoms with van der Waals surface area (Å²) in [4.78, 5) is 15.5. The maximum absolute atomic E-state index is 12.9. The van der Waals surface area contributed by atoms with Crippen molar-refractivity contribution in [2.24, 2.45) is 5.92 Å². The first kappa shape index (κ1) is 21.7. The summed E-state index contributed by atoms with van der Waals surface area (Å²) >= 11 is 0. The number of Topliss-reactive ketones (excluding diaryl/α,β-unsaturated/α-hetero) is 1. The number of hydrogen-bond donors (Lipinski definition) is 0. The number of benzene rings is 1. The molecular formula is C23H37NO3Si. The number of hydrogen-bond acceptors (Lipinski definition) is 4. The number of fused-ring (bicyclic) bond motifs is 2. The molecule has 2 aliphatic rings. The summed E-state index contributed by atoms with van der Waals surface area (Å²) in [7, 11) is -1.78. The fraction of sp³-hybridized carbons (Fsp3) is 0.696. The minimum atomic E-state index is -1.78. The van der Waals surface area contributed by atoms with Gasteiger partial charge in [-0.1, -0.05) is 51.1 Å². The van der Waals surface area contributed by atoms with E-state index >= 15 is 0 Å². The second-order valence-corrected chi connectivity index (χ2v) is 14.8. The van der Waals surface area contributed by atoms with E-state index in [1.165, 1.54) is 5.56 Å². The number of piperidine rings is 1. The highest BCUT2D eigenvalue weighted by molar-refractivity contribution is 6.74. The Morgan fingerprint density at radius 3 is 2.32 bits per heavy atom. The molecule has 2 fully saturated rings. The molecule has 156 valence electrons. The van der Waals surface area contributed by atoms with Gasteiger partial charge in [-0.3, -0.25) is 9.69 Å². The standard InChI is InChI=1S/C23H37NO3Si/c1-23(2,3)28(4,5)27-12-11-22(25)19-13-20-16-26-17-21(14-19)24(20)15-18-9-7-6-8-10-18/h6-10,19-21H,11-17H2,1-5H3. The molecule has 28 heavy (non-hydrogen) atoms. The van der Waals surface area contributed by atoms with Gasteiger partial charge in [-0.15, -0.1) is 0 Å². The molecule has 5 heteroatoms. The van der Waals surface area contributed by atoms with Crippen molar-refractivity contribution in [1.82, 2.24) is 4.90 Å². The Balaban J connectivity index is 1.54. The topological polar surface area (TPSA) is 38.8 Å². The van der Waals surface area contributed by atoms with Gasteiger partial charge < -0.3 is 9.16 Å². The number of carbonyl (C=O) groups is 1. The first-order valence-electron chi connectivity index (χ1n) is 10.7. The zero-order valence-electron chi connectivity index (χ0n) is 18.2. The van der Waals surface area contributed by atoms with Crippen molar-refractivity contribution in [3.63, 3.8) is 0 Å². The molecule has 2 aliphatic heterocycles. The summed E-state index contributed by atoms with van der Waals surface area (Å²) in [5.41, 5.74) is 1.34. The molecule has 0 saturated carbocycles. The second kappa shape index (κ2) is 8.78. The Labute approximate surface area is 171 Å². The third-order valence-electron chi connectivity index (χ3n) is 6.95. The summed E-state index contributed by atoms with van der Waals surface area (Å²) < 4.78 is 12.1. The highest BCUT2D eigenvalue weighted by atomic mass is 28.4. The van der Waals surface area contributed by atoms with Gasteiger partial charge in [0.1, 0.15) is 5.78 Å². The number of rotatable bonds is 7. The minimum Gasteiger partial charge on any atom is -0.416 e. The van der Waals surface area contributed by atoms with Crippen molar-refractivity contribution >= 4 is 14.1 Å². The lowest BCUT2D eigenvalue weighted by atomic mass is 9.81. The lowest BCUT2D eigenvalue weighted by molar-refractivity contribution is -0.134. The molecule has 1 aromatic carbocycles. The van der Waals surface area contributed by atoms with Crippen LogP contribution in [0.3, 0.4) is 0 Å².